The van der Waals surface area contributed by atoms with Gasteiger partial charge in [-0.3, -0.25) is 9.69 Å². The highest BCUT2D eigenvalue weighted by Gasteiger charge is 2.24. The number of carbonyl (C=O) groups is 1. The lowest BCUT2D eigenvalue weighted by atomic mass is 10.0. The Morgan fingerprint density at radius 3 is 2.85 bits per heavy atom. The fourth-order valence-corrected chi connectivity index (χ4v) is 3.09. The van der Waals surface area contributed by atoms with Crippen molar-refractivity contribution in [3.8, 4) is 11.6 Å². The summed E-state index contributed by atoms with van der Waals surface area (Å²) in [7, 11) is 0. The van der Waals surface area contributed by atoms with Gasteiger partial charge in [-0.05, 0) is 18.1 Å². The Hall–Kier alpha value is -2.19. The number of nitrogens with one attached hydrogen (secondary N) is 1. The largest absolute Gasteiger partial charge is 0.461 e. The van der Waals surface area contributed by atoms with E-state index in [4.69, 9.17) is 13.7 Å². The summed E-state index contributed by atoms with van der Waals surface area (Å²) < 4.78 is 15.8. The third kappa shape index (κ3) is 4.92. The van der Waals surface area contributed by atoms with E-state index in [0.29, 0.717) is 48.8 Å². The molecule has 142 valence electrons. The number of furan rings is 1. The quantitative estimate of drug-likeness (QED) is 0.764. The van der Waals surface area contributed by atoms with E-state index in [2.05, 4.69) is 34.2 Å². The van der Waals surface area contributed by atoms with Gasteiger partial charge in [-0.2, -0.15) is 4.98 Å². The van der Waals surface area contributed by atoms with E-state index in [0.717, 1.165) is 26.3 Å². The highest BCUT2D eigenvalue weighted by molar-refractivity contribution is 5.76. The Balaban J connectivity index is 1.44. The molecule has 0 aliphatic carbocycles. The Labute approximate surface area is 152 Å². The Kier molecular flexibility index (Phi) is 6.40. The number of hydrogen-bond donors (Lipinski definition) is 1. The first kappa shape index (κ1) is 18.6. The highest BCUT2D eigenvalue weighted by atomic mass is 16.5. The van der Waals surface area contributed by atoms with Gasteiger partial charge in [-0.1, -0.05) is 19.0 Å². The molecule has 1 atom stereocenters. The van der Waals surface area contributed by atoms with Crippen molar-refractivity contribution in [3.63, 3.8) is 0 Å². The van der Waals surface area contributed by atoms with Crippen molar-refractivity contribution >= 4 is 5.91 Å². The summed E-state index contributed by atoms with van der Waals surface area (Å²) in [5, 5.41) is 6.90. The van der Waals surface area contributed by atoms with Crippen molar-refractivity contribution in [2.45, 2.75) is 32.7 Å². The van der Waals surface area contributed by atoms with Gasteiger partial charge in [0.25, 0.3) is 0 Å². The monoisotopic (exact) mass is 362 g/mol. The topological polar surface area (TPSA) is 93.6 Å². The molecule has 2 aromatic heterocycles. The molecule has 1 aliphatic rings. The van der Waals surface area contributed by atoms with Crippen molar-refractivity contribution in [3.05, 3.63) is 24.3 Å². The van der Waals surface area contributed by atoms with Crippen LogP contribution in [-0.4, -0.2) is 59.8 Å². The van der Waals surface area contributed by atoms with Gasteiger partial charge in [-0.15, -0.1) is 0 Å². The maximum atomic E-state index is 12.2. The number of ether oxygens (including phenoxy) is 1. The summed E-state index contributed by atoms with van der Waals surface area (Å²) in [6.45, 7) is 8.34. The second-order valence-corrected chi connectivity index (χ2v) is 6.75. The van der Waals surface area contributed by atoms with E-state index in [-0.39, 0.29) is 5.91 Å². The number of hydrogen-bond acceptors (Lipinski definition) is 7. The third-order valence-electron chi connectivity index (χ3n) is 4.57. The molecule has 26 heavy (non-hydrogen) atoms. The molecule has 2 aromatic rings. The zero-order valence-electron chi connectivity index (χ0n) is 15.3. The highest BCUT2D eigenvalue weighted by Crippen LogP contribution is 2.16. The van der Waals surface area contributed by atoms with Gasteiger partial charge in [0, 0.05) is 38.5 Å². The molecule has 1 fully saturated rings. The summed E-state index contributed by atoms with van der Waals surface area (Å²) in [5.41, 5.74) is 0. The van der Waals surface area contributed by atoms with Crippen LogP contribution in [0, 0.1) is 5.92 Å². The second kappa shape index (κ2) is 8.95. The van der Waals surface area contributed by atoms with Crippen LogP contribution >= 0.6 is 0 Å². The summed E-state index contributed by atoms with van der Waals surface area (Å²) in [5.74, 6) is 1.83. The van der Waals surface area contributed by atoms with Gasteiger partial charge in [0.05, 0.1) is 19.5 Å². The predicted octanol–water partition coefficient (Wildman–Crippen LogP) is 1.74. The van der Waals surface area contributed by atoms with Crippen LogP contribution in [0.4, 0.5) is 0 Å². The van der Waals surface area contributed by atoms with Crippen LogP contribution in [-0.2, 0) is 16.0 Å². The molecule has 1 saturated heterocycles. The van der Waals surface area contributed by atoms with E-state index in [1.54, 1.807) is 18.4 Å². The molecule has 8 heteroatoms. The minimum absolute atomic E-state index is 0.0124. The van der Waals surface area contributed by atoms with Crippen molar-refractivity contribution in [1.29, 1.82) is 0 Å². The van der Waals surface area contributed by atoms with Gasteiger partial charge in [0.1, 0.15) is 0 Å². The molecule has 0 spiro atoms. The maximum Gasteiger partial charge on any atom is 0.238 e. The molecule has 1 aliphatic heterocycles. The Bertz CT molecular complexity index is 677. The van der Waals surface area contributed by atoms with Crippen LogP contribution in [0.15, 0.2) is 27.3 Å². The van der Waals surface area contributed by atoms with E-state index in [9.17, 15) is 4.79 Å². The van der Waals surface area contributed by atoms with Crippen molar-refractivity contribution in [2.75, 3.05) is 32.8 Å². The van der Waals surface area contributed by atoms with Gasteiger partial charge >= 0.3 is 0 Å². The molecular weight excluding hydrogens is 336 g/mol. The van der Waals surface area contributed by atoms with Crippen LogP contribution < -0.4 is 5.32 Å². The van der Waals surface area contributed by atoms with Crippen molar-refractivity contribution in [2.24, 2.45) is 5.92 Å². The first-order chi connectivity index (χ1) is 12.6. The zero-order valence-corrected chi connectivity index (χ0v) is 15.3. The normalized spacial score (nSPS) is 16.7. The number of aryl methyl sites for hydroxylation is 1. The fourth-order valence-electron chi connectivity index (χ4n) is 3.09. The maximum absolute atomic E-state index is 12.2. The number of morpholine rings is 1. The molecule has 0 bridgehead atoms. The smallest absolute Gasteiger partial charge is 0.238 e. The van der Waals surface area contributed by atoms with Gasteiger partial charge < -0.3 is 19.0 Å². The number of nitrogens with zero attached hydrogens (tertiary/aromatic N) is 3. The molecule has 1 unspecified atom stereocenters. The first-order valence-corrected chi connectivity index (χ1v) is 9.08. The summed E-state index contributed by atoms with van der Waals surface area (Å²) in [4.78, 5) is 18.8. The number of carbonyl (C=O) groups excluding carboxylic acids is 1. The van der Waals surface area contributed by atoms with Gasteiger partial charge in [-0.25, -0.2) is 0 Å². The van der Waals surface area contributed by atoms with Gasteiger partial charge in [0.15, 0.2) is 5.76 Å². The molecule has 0 aromatic carbocycles. The average Bonchev–Trinajstić information content (AvgIpc) is 3.32. The number of amides is 1. The fraction of sp³-hybridized carbons (Fsp3) is 0.611. The van der Waals surface area contributed by atoms with E-state index in [1.165, 1.54) is 0 Å². The van der Waals surface area contributed by atoms with Crippen LogP contribution in [0.3, 0.4) is 0 Å². The molecule has 8 nitrogen and oxygen atoms in total. The zero-order chi connectivity index (χ0) is 18.4. The molecule has 0 radical (unpaired) electrons. The SMILES string of the molecule is CC(C)C(CNC(=O)CCc1nc(-c2ccco2)no1)N1CCOCC1. The van der Waals surface area contributed by atoms with Crippen LogP contribution in [0.2, 0.25) is 0 Å². The molecule has 0 saturated carbocycles. The van der Waals surface area contributed by atoms with Crippen LogP contribution in [0.5, 0.6) is 0 Å². The minimum Gasteiger partial charge on any atom is -0.461 e. The van der Waals surface area contributed by atoms with Gasteiger partial charge in [0.2, 0.25) is 17.6 Å². The molecule has 1 amide bonds. The molecule has 3 heterocycles. The Morgan fingerprint density at radius 1 is 1.35 bits per heavy atom. The van der Waals surface area contributed by atoms with E-state index < -0.39 is 0 Å². The number of aromatic nitrogens is 2. The second-order valence-electron chi connectivity index (χ2n) is 6.75. The summed E-state index contributed by atoms with van der Waals surface area (Å²) in [6, 6.07) is 3.84. The lowest BCUT2D eigenvalue weighted by Gasteiger charge is -2.36. The first-order valence-electron chi connectivity index (χ1n) is 9.08. The lowest BCUT2D eigenvalue weighted by Crippen LogP contribution is -2.51. The van der Waals surface area contributed by atoms with E-state index >= 15 is 0 Å². The number of rotatable bonds is 8. The predicted molar refractivity (Wildman–Crippen MR) is 94.3 cm³/mol. The van der Waals surface area contributed by atoms with Crippen molar-refractivity contribution in [1.82, 2.24) is 20.4 Å². The standard InChI is InChI=1S/C18H26N4O4/c1-13(2)14(22-7-10-24-11-8-22)12-19-16(23)5-6-17-20-18(21-26-17)15-4-3-9-25-15/h3-4,9,13-14H,5-8,10-12H2,1-2H3,(H,19,23). The molecule has 3 rings (SSSR count). The van der Waals surface area contributed by atoms with Crippen LogP contribution in [0.25, 0.3) is 11.6 Å². The Morgan fingerprint density at radius 2 is 2.15 bits per heavy atom. The molecule has 1 N–H and O–H groups in total. The summed E-state index contributed by atoms with van der Waals surface area (Å²) in [6.07, 6.45) is 2.27. The average molecular weight is 362 g/mol. The minimum atomic E-state index is -0.0124. The van der Waals surface area contributed by atoms with Crippen LogP contribution in [0.1, 0.15) is 26.2 Å². The van der Waals surface area contributed by atoms with Crippen molar-refractivity contribution < 1.29 is 18.5 Å². The third-order valence-corrected chi connectivity index (χ3v) is 4.57. The lowest BCUT2D eigenvalue weighted by molar-refractivity contribution is -0.121. The van der Waals surface area contributed by atoms with E-state index in [1.807, 2.05) is 0 Å². The molecular formula is C18H26N4O4. The summed E-state index contributed by atoms with van der Waals surface area (Å²) >= 11 is 0.